The third-order valence-electron chi connectivity index (χ3n) is 2.12. The highest BCUT2D eigenvalue weighted by Gasteiger charge is 2.06. The van der Waals surface area contributed by atoms with Crippen molar-refractivity contribution in [3.63, 3.8) is 0 Å². The van der Waals surface area contributed by atoms with Crippen LogP contribution in [0.15, 0.2) is 18.2 Å². The van der Waals surface area contributed by atoms with Crippen LogP contribution in [0.5, 0.6) is 0 Å². The second kappa shape index (κ2) is 7.10. The van der Waals surface area contributed by atoms with E-state index in [2.05, 4.69) is 9.47 Å². The third kappa shape index (κ3) is 5.15. The lowest BCUT2D eigenvalue weighted by Crippen LogP contribution is -2.06. The SMILES string of the molecule is COC(=O)OCc1cc(N)cc(COC(=O)OC)c1. The monoisotopic (exact) mass is 269 g/mol. The first-order chi connectivity index (χ1) is 9.05. The summed E-state index contributed by atoms with van der Waals surface area (Å²) in [6.07, 6.45) is -1.57. The topological polar surface area (TPSA) is 97.1 Å². The van der Waals surface area contributed by atoms with E-state index in [1.54, 1.807) is 18.2 Å². The molecule has 0 heterocycles. The van der Waals surface area contributed by atoms with E-state index in [1.165, 1.54) is 14.2 Å². The number of nitrogens with two attached hydrogens (primary N) is 1. The number of carbonyl (C=O) groups is 2. The zero-order valence-electron chi connectivity index (χ0n) is 10.7. The molecule has 0 aliphatic carbocycles. The molecule has 19 heavy (non-hydrogen) atoms. The standard InChI is InChI=1S/C12H15NO6/c1-16-11(14)18-6-8-3-9(5-10(13)4-8)7-19-12(15)17-2/h3-5H,6-7,13H2,1-2H3. The van der Waals surface area contributed by atoms with Gasteiger partial charge < -0.3 is 24.7 Å². The lowest BCUT2D eigenvalue weighted by molar-refractivity contribution is 0.0663. The molecule has 0 atom stereocenters. The first-order valence-corrected chi connectivity index (χ1v) is 5.35. The van der Waals surface area contributed by atoms with Crippen LogP contribution in [0.4, 0.5) is 15.3 Å². The van der Waals surface area contributed by atoms with Gasteiger partial charge in [-0.1, -0.05) is 0 Å². The largest absolute Gasteiger partial charge is 0.508 e. The summed E-state index contributed by atoms with van der Waals surface area (Å²) in [6.45, 7) is 0.0336. The minimum Gasteiger partial charge on any atom is -0.438 e. The fourth-order valence-electron chi connectivity index (χ4n) is 1.36. The van der Waals surface area contributed by atoms with Gasteiger partial charge in [-0.15, -0.1) is 0 Å². The average molecular weight is 269 g/mol. The second-order valence-corrected chi connectivity index (χ2v) is 3.57. The van der Waals surface area contributed by atoms with Gasteiger partial charge in [-0.3, -0.25) is 0 Å². The van der Waals surface area contributed by atoms with Crippen molar-refractivity contribution in [2.75, 3.05) is 20.0 Å². The van der Waals surface area contributed by atoms with E-state index in [4.69, 9.17) is 15.2 Å². The zero-order chi connectivity index (χ0) is 14.3. The Labute approximate surface area is 110 Å². The molecule has 0 aliphatic rings. The number of rotatable bonds is 4. The summed E-state index contributed by atoms with van der Waals surface area (Å²) in [5.74, 6) is 0. The van der Waals surface area contributed by atoms with Crippen molar-refractivity contribution in [2.24, 2.45) is 0 Å². The molecular weight excluding hydrogens is 254 g/mol. The summed E-state index contributed by atoms with van der Waals surface area (Å²) in [6, 6.07) is 4.98. The third-order valence-corrected chi connectivity index (χ3v) is 2.12. The maximum absolute atomic E-state index is 10.8. The highest BCUT2D eigenvalue weighted by atomic mass is 16.7. The van der Waals surface area contributed by atoms with Crippen LogP contribution in [-0.4, -0.2) is 26.5 Å². The maximum Gasteiger partial charge on any atom is 0.508 e. The summed E-state index contributed by atoms with van der Waals surface area (Å²) in [4.78, 5) is 21.7. The molecule has 0 bridgehead atoms. The van der Waals surface area contributed by atoms with Crippen molar-refractivity contribution < 1.29 is 28.5 Å². The van der Waals surface area contributed by atoms with Crippen LogP contribution in [0.1, 0.15) is 11.1 Å². The van der Waals surface area contributed by atoms with E-state index in [-0.39, 0.29) is 13.2 Å². The number of hydrogen-bond acceptors (Lipinski definition) is 7. The van der Waals surface area contributed by atoms with Gasteiger partial charge in [0.25, 0.3) is 0 Å². The molecule has 1 aromatic carbocycles. The Morgan fingerprint density at radius 2 is 1.37 bits per heavy atom. The molecule has 0 saturated heterocycles. The number of ether oxygens (including phenoxy) is 4. The normalized spacial score (nSPS) is 9.58. The number of benzene rings is 1. The van der Waals surface area contributed by atoms with E-state index in [0.29, 0.717) is 16.8 Å². The van der Waals surface area contributed by atoms with Crippen LogP contribution in [0.25, 0.3) is 0 Å². The first kappa shape index (κ1) is 14.6. The van der Waals surface area contributed by atoms with Crippen molar-refractivity contribution >= 4 is 18.0 Å². The molecule has 0 saturated carbocycles. The highest BCUT2D eigenvalue weighted by Crippen LogP contribution is 2.14. The lowest BCUT2D eigenvalue weighted by Gasteiger charge is -2.08. The Kier molecular flexibility index (Phi) is 5.46. The van der Waals surface area contributed by atoms with E-state index in [1.807, 2.05) is 0 Å². The molecule has 0 spiro atoms. The lowest BCUT2D eigenvalue weighted by atomic mass is 10.1. The van der Waals surface area contributed by atoms with Crippen molar-refractivity contribution in [1.82, 2.24) is 0 Å². The Morgan fingerprint density at radius 1 is 0.947 bits per heavy atom. The van der Waals surface area contributed by atoms with Crippen molar-refractivity contribution in [2.45, 2.75) is 13.2 Å². The Balaban J connectivity index is 2.65. The number of carbonyl (C=O) groups excluding carboxylic acids is 2. The number of nitrogen functional groups attached to an aromatic ring is 1. The predicted octanol–water partition coefficient (Wildman–Crippen LogP) is 1.83. The predicted molar refractivity (Wildman–Crippen MR) is 65.2 cm³/mol. The molecule has 7 nitrogen and oxygen atoms in total. The van der Waals surface area contributed by atoms with Crippen molar-refractivity contribution in [3.8, 4) is 0 Å². The van der Waals surface area contributed by atoms with Crippen LogP contribution < -0.4 is 5.73 Å². The van der Waals surface area contributed by atoms with E-state index in [0.717, 1.165) is 0 Å². The minimum atomic E-state index is -0.783. The summed E-state index contributed by atoms with van der Waals surface area (Å²) < 4.78 is 18.3. The molecule has 1 rings (SSSR count). The average Bonchev–Trinajstić information content (AvgIpc) is 2.41. The number of hydrogen-bond donors (Lipinski definition) is 1. The number of methoxy groups -OCH3 is 2. The number of anilines is 1. The Morgan fingerprint density at radius 3 is 1.74 bits per heavy atom. The van der Waals surface area contributed by atoms with Crippen LogP contribution >= 0.6 is 0 Å². The molecule has 0 aromatic heterocycles. The smallest absolute Gasteiger partial charge is 0.438 e. The summed E-state index contributed by atoms with van der Waals surface area (Å²) in [5.41, 5.74) is 7.48. The summed E-state index contributed by atoms with van der Waals surface area (Å²) in [7, 11) is 2.44. The molecule has 0 unspecified atom stereocenters. The van der Waals surface area contributed by atoms with Crippen LogP contribution in [0.3, 0.4) is 0 Å². The summed E-state index contributed by atoms with van der Waals surface area (Å²) in [5, 5.41) is 0. The molecule has 0 radical (unpaired) electrons. The van der Waals surface area contributed by atoms with Crippen LogP contribution in [-0.2, 0) is 32.2 Å². The van der Waals surface area contributed by atoms with Crippen LogP contribution in [0, 0.1) is 0 Å². The quantitative estimate of drug-likeness (QED) is 0.657. The van der Waals surface area contributed by atoms with Gasteiger partial charge in [-0.25, -0.2) is 9.59 Å². The van der Waals surface area contributed by atoms with Gasteiger partial charge in [0, 0.05) is 5.69 Å². The van der Waals surface area contributed by atoms with Gasteiger partial charge in [0.15, 0.2) is 0 Å². The zero-order valence-corrected chi connectivity index (χ0v) is 10.7. The van der Waals surface area contributed by atoms with Gasteiger partial charge in [-0.05, 0) is 29.3 Å². The fraction of sp³-hybridized carbons (Fsp3) is 0.333. The van der Waals surface area contributed by atoms with E-state index in [9.17, 15) is 9.59 Å². The minimum absolute atomic E-state index is 0.0168. The first-order valence-electron chi connectivity index (χ1n) is 5.35. The highest BCUT2D eigenvalue weighted by molar-refractivity contribution is 5.60. The maximum atomic E-state index is 10.8. The van der Waals surface area contributed by atoms with Crippen molar-refractivity contribution in [3.05, 3.63) is 29.3 Å². The molecule has 104 valence electrons. The van der Waals surface area contributed by atoms with Gasteiger partial charge in [0.05, 0.1) is 14.2 Å². The fourth-order valence-corrected chi connectivity index (χ4v) is 1.36. The van der Waals surface area contributed by atoms with E-state index < -0.39 is 12.3 Å². The molecule has 0 fully saturated rings. The Bertz CT molecular complexity index is 421. The van der Waals surface area contributed by atoms with Gasteiger partial charge >= 0.3 is 12.3 Å². The van der Waals surface area contributed by atoms with Crippen molar-refractivity contribution in [1.29, 1.82) is 0 Å². The second-order valence-electron chi connectivity index (χ2n) is 3.57. The molecule has 0 amide bonds. The van der Waals surface area contributed by atoms with Gasteiger partial charge in [0.1, 0.15) is 13.2 Å². The molecular formula is C12H15NO6. The van der Waals surface area contributed by atoms with E-state index >= 15 is 0 Å². The van der Waals surface area contributed by atoms with Crippen LogP contribution in [0.2, 0.25) is 0 Å². The summed E-state index contributed by atoms with van der Waals surface area (Å²) >= 11 is 0. The molecule has 2 N–H and O–H groups in total. The molecule has 1 aromatic rings. The molecule has 0 aliphatic heterocycles. The van der Waals surface area contributed by atoms with Gasteiger partial charge in [0.2, 0.25) is 0 Å². The molecule has 7 heteroatoms. The Hall–Kier alpha value is -2.44. The van der Waals surface area contributed by atoms with Gasteiger partial charge in [-0.2, -0.15) is 0 Å².